The van der Waals surface area contributed by atoms with Gasteiger partial charge in [-0.3, -0.25) is 0 Å². The molecule has 2 rings (SSSR count). The van der Waals surface area contributed by atoms with Crippen LogP contribution in [-0.2, 0) is 0 Å². The highest BCUT2D eigenvalue weighted by Crippen LogP contribution is 2.13. The lowest BCUT2D eigenvalue weighted by molar-refractivity contribution is 0.304. The molecule has 1 aromatic heterocycles. The van der Waals surface area contributed by atoms with E-state index in [9.17, 15) is 4.79 Å². The molecule has 0 aliphatic carbocycles. The molecule has 2 aromatic rings. The third kappa shape index (κ3) is 4.65. The lowest BCUT2D eigenvalue weighted by Crippen LogP contribution is -2.31. The smallest absolute Gasteiger partial charge is 0.365 e. The zero-order valence-corrected chi connectivity index (χ0v) is 13.1. The topological polar surface area (TPSA) is 55.2 Å². The molecule has 22 heavy (non-hydrogen) atoms. The fraction of sp³-hybridized carbons (Fsp3) is 0.389. The molecular weight excluding hydrogens is 278 g/mol. The van der Waals surface area contributed by atoms with Gasteiger partial charge in [-0.05, 0) is 30.2 Å². The largest absolute Gasteiger partial charge is 0.494 e. The highest BCUT2D eigenvalue weighted by Gasteiger charge is 1.98. The van der Waals surface area contributed by atoms with Crippen molar-refractivity contribution in [2.75, 3.05) is 6.61 Å². The van der Waals surface area contributed by atoms with Gasteiger partial charge in [-0.1, -0.05) is 51.3 Å². The van der Waals surface area contributed by atoms with Crippen LogP contribution in [0.2, 0.25) is 0 Å². The fourth-order valence-corrected chi connectivity index (χ4v) is 2.21. The number of unbranched alkanes of at least 4 members (excludes halogenated alkanes) is 4. The van der Waals surface area contributed by atoms with E-state index < -0.39 is 5.63 Å². The van der Waals surface area contributed by atoms with E-state index in [1.165, 1.54) is 25.7 Å². The Morgan fingerprint density at radius 1 is 1.18 bits per heavy atom. The monoisotopic (exact) mass is 301 g/mol. The number of nitrogens with one attached hydrogen (secondary N) is 1. The zero-order valence-electron chi connectivity index (χ0n) is 13.1. The molecule has 0 unspecified atom stereocenters. The summed E-state index contributed by atoms with van der Waals surface area (Å²) in [5.74, 6) is 0.851. The molecule has 1 aromatic carbocycles. The number of benzene rings is 1. The number of H-pyrrole nitrogens is 1. The van der Waals surface area contributed by atoms with Crippen molar-refractivity contribution in [3.8, 4) is 5.75 Å². The van der Waals surface area contributed by atoms with Crippen LogP contribution in [0.1, 0.15) is 44.6 Å². The van der Waals surface area contributed by atoms with Crippen LogP contribution in [0, 0.1) is 0 Å². The van der Waals surface area contributed by atoms with Crippen molar-refractivity contribution in [2.24, 2.45) is 0 Å². The third-order valence-corrected chi connectivity index (χ3v) is 3.52. The van der Waals surface area contributed by atoms with Crippen LogP contribution in [0.4, 0.5) is 0 Å². The van der Waals surface area contributed by atoms with Gasteiger partial charge in [0.2, 0.25) is 0 Å². The standard InChI is InChI=1S/C18H23NO3/c1-3-4-5-6-7-12-21-16-10-8-15(9-11-16)13-17-14(2)19-22-18(17)20/h8-11,13,19H,2-7,12H2,1H3. The lowest BCUT2D eigenvalue weighted by atomic mass is 10.1. The van der Waals surface area contributed by atoms with E-state index in [0.717, 1.165) is 24.3 Å². The van der Waals surface area contributed by atoms with Crippen molar-refractivity contribution < 1.29 is 9.26 Å². The van der Waals surface area contributed by atoms with Crippen LogP contribution in [0.5, 0.6) is 5.75 Å². The van der Waals surface area contributed by atoms with Gasteiger partial charge in [0.1, 0.15) is 5.75 Å². The summed E-state index contributed by atoms with van der Waals surface area (Å²) in [4.78, 5) is 11.5. The van der Waals surface area contributed by atoms with Gasteiger partial charge in [0.15, 0.2) is 0 Å². The zero-order chi connectivity index (χ0) is 15.8. The van der Waals surface area contributed by atoms with Crippen LogP contribution >= 0.6 is 0 Å². The second kappa shape index (κ2) is 8.27. The quantitative estimate of drug-likeness (QED) is 0.762. The Balaban J connectivity index is 1.90. The van der Waals surface area contributed by atoms with Crippen LogP contribution < -0.4 is 20.9 Å². The SMILES string of the molecule is C=c1[nH]oc(=O)c1=Cc1ccc(OCCCCCCC)cc1. The van der Waals surface area contributed by atoms with Crippen LogP contribution in [-0.4, -0.2) is 11.8 Å². The van der Waals surface area contributed by atoms with Crippen molar-refractivity contribution >= 4 is 12.7 Å². The van der Waals surface area contributed by atoms with Crippen molar-refractivity contribution in [1.82, 2.24) is 5.16 Å². The Kier molecular flexibility index (Phi) is 6.07. The molecule has 0 radical (unpaired) electrons. The number of hydrogen-bond donors (Lipinski definition) is 1. The Morgan fingerprint density at radius 2 is 1.91 bits per heavy atom. The number of aromatic amines is 1. The van der Waals surface area contributed by atoms with Crippen molar-refractivity contribution in [1.29, 1.82) is 0 Å². The van der Waals surface area contributed by atoms with Gasteiger partial charge in [-0.15, -0.1) is 0 Å². The van der Waals surface area contributed by atoms with Gasteiger partial charge in [-0.25, -0.2) is 9.95 Å². The van der Waals surface area contributed by atoms with Crippen molar-refractivity contribution in [3.05, 3.63) is 50.8 Å². The molecule has 0 aliphatic rings. The van der Waals surface area contributed by atoms with Crippen LogP contribution in [0.3, 0.4) is 0 Å². The molecular formula is C18H23NO3. The Morgan fingerprint density at radius 3 is 2.55 bits per heavy atom. The van der Waals surface area contributed by atoms with Crippen molar-refractivity contribution in [2.45, 2.75) is 39.0 Å². The maximum atomic E-state index is 11.5. The lowest BCUT2D eigenvalue weighted by Gasteiger charge is -2.06. The highest BCUT2D eigenvalue weighted by molar-refractivity contribution is 5.50. The molecule has 1 heterocycles. The average molecular weight is 301 g/mol. The van der Waals surface area contributed by atoms with Gasteiger partial charge in [-0.2, -0.15) is 0 Å². The Hall–Kier alpha value is -2.23. The van der Waals surface area contributed by atoms with E-state index in [4.69, 9.17) is 4.74 Å². The van der Waals surface area contributed by atoms with E-state index >= 15 is 0 Å². The number of aromatic nitrogens is 1. The summed E-state index contributed by atoms with van der Waals surface area (Å²) in [6, 6.07) is 7.65. The molecule has 0 fully saturated rings. The van der Waals surface area contributed by atoms with E-state index in [1.54, 1.807) is 6.08 Å². The average Bonchev–Trinajstić information content (AvgIpc) is 2.84. The summed E-state index contributed by atoms with van der Waals surface area (Å²) >= 11 is 0. The highest BCUT2D eigenvalue weighted by atomic mass is 16.5. The van der Waals surface area contributed by atoms with Gasteiger partial charge < -0.3 is 9.26 Å². The number of rotatable bonds is 8. The minimum absolute atomic E-state index is 0.405. The number of hydrogen-bond acceptors (Lipinski definition) is 3. The predicted molar refractivity (Wildman–Crippen MR) is 88.4 cm³/mol. The Labute approximate surface area is 130 Å². The van der Waals surface area contributed by atoms with Gasteiger partial charge in [0.25, 0.3) is 0 Å². The molecule has 4 nitrogen and oxygen atoms in total. The van der Waals surface area contributed by atoms with E-state index in [0.29, 0.717) is 10.6 Å². The molecule has 0 amide bonds. The van der Waals surface area contributed by atoms with E-state index in [2.05, 4.69) is 23.2 Å². The summed E-state index contributed by atoms with van der Waals surface area (Å²) in [6.45, 7) is 6.68. The first kappa shape index (κ1) is 16.1. The summed E-state index contributed by atoms with van der Waals surface area (Å²) in [7, 11) is 0. The summed E-state index contributed by atoms with van der Waals surface area (Å²) in [5, 5.41) is 3.40. The Bertz CT molecular complexity index is 694. The molecule has 118 valence electrons. The van der Waals surface area contributed by atoms with Gasteiger partial charge in [0, 0.05) is 0 Å². The maximum absolute atomic E-state index is 11.5. The number of ether oxygens (including phenoxy) is 1. The van der Waals surface area contributed by atoms with Crippen molar-refractivity contribution in [3.63, 3.8) is 0 Å². The first-order valence-electron chi connectivity index (χ1n) is 7.81. The molecule has 0 atom stereocenters. The third-order valence-electron chi connectivity index (χ3n) is 3.52. The predicted octanol–water partition coefficient (Wildman–Crippen LogP) is 2.56. The normalized spacial score (nSPS) is 11.8. The first-order valence-corrected chi connectivity index (χ1v) is 7.81. The van der Waals surface area contributed by atoms with Gasteiger partial charge in [0.05, 0.1) is 17.2 Å². The molecule has 0 aliphatic heterocycles. The van der Waals surface area contributed by atoms with Gasteiger partial charge >= 0.3 is 5.63 Å². The summed E-state index contributed by atoms with van der Waals surface area (Å²) in [5.41, 5.74) is 0.504. The maximum Gasteiger partial charge on any atom is 0.365 e. The molecule has 1 N–H and O–H groups in total. The second-order valence-corrected chi connectivity index (χ2v) is 5.36. The minimum Gasteiger partial charge on any atom is -0.494 e. The molecule has 0 spiro atoms. The molecule has 0 bridgehead atoms. The van der Waals surface area contributed by atoms with E-state index in [-0.39, 0.29) is 0 Å². The van der Waals surface area contributed by atoms with Crippen LogP contribution in [0.25, 0.3) is 12.7 Å². The summed E-state index contributed by atoms with van der Waals surface area (Å²) in [6.07, 6.45) is 7.89. The summed E-state index contributed by atoms with van der Waals surface area (Å²) < 4.78 is 10.4. The second-order valence-electron chi connectivity index (χ2n) is 5.36. The molecule has 0 saturated heterocycles. The minimum atomic E-state index is -0.405. The van der Waals surface area contributed by atoms with E-state index in [1.807, 2.05) is 24.3 Å². The van der Waals surface area contributed by atoms with Crippen LogP contribution in [0.15, 0.2) is 33.6 Å². The molecule has 0 saturated carbocycles. The fourth-order valence-electron chi connectivity index (χ4n) is 2.21. The molecule has 4 heteroatoms. The first-order chi connectivity index (χ1) is 10.7.